The van der Waals surface area contributed by atoms with Crippen LogP contribution in [0.1, 0.15) is 50.2 Å². The van der Waals surface area contributed by atoms with Gasteiger partial charge in [0, 0.05) is 47.1 Å². The molecule has 4 bridgehead atoms. The number of amides is 2. The lowest BCUT2D eigenvalue weighted by Gasteiger charge is -2.59. The Labute approximate surface area is 239 Å². The fraction of sp³-hybridized carbons (Fsp3) is 0.500. The standard InChI is InChI=1S/C32H38N6O3/c1-32(17-25-18-34-28-10-6-5-9-27(25)28,30(39)36-26(19-35-37-33)16-20-7-3-2-4-8-20)38(31(40)41)29-23-12-21-11-22(14-23)15-24(29)13-21/h2-10,18,21-24,26,29,34H,11-17,19H2,1H3,(H,36,39)(H,40,41)/t21?,22?,23?,24?,26-,29?,32+/m1/s1. The van der Waals surface area contributed by atoms with Crippen LogP contribution in [0.4, 0.5) is 4.79 Å². The fourth-order valence-electron chi connectivity index (χ4n) is 8.45. The summed E-state index contributed by atoms with van der Waals surface area (Å²) in [6, 6.07) is 17.0. The van der Waals surface area contributed by atoms with Crippen LogP contribution in [0.25, 0.3) is 21.3 Å². The zero-order chi connectivity index (χ0) is 28.6. The smallest absolute Gasteiger partial charge is 0.408 e. The van der Waals surface area contributed by atoms with E-state index in [1.807, 2.05) is 60.8 Å². The lowest BCUT2D eigenvalue weighted by molar-refractivity contribution is -0.141. The van der Waals surface area contributed by atoms with E-state index < -0.39 is 17.7 Å². The largest absolute Gasteiger partial charge is 0.465 e. The van der Waals surface area contributed by atoms with Crippen LogP contribution in [0.2, 0.25) is 0 Å². The minimum atomic E-state index is -1.37. The Kier molecular flexibility index (Phi) is 7.39. The number of nitrogens with zero attached hydrogens (tertiary/aromatic N) is 4. The highest BCUT2D eigenvalue weighted by molar-refractivity contribution is 5.91. The predicted octanol–water partition coefficient (Wildman–Crippen LogP) is 6.31. The molecule has 4 saturated carbocycles. The summed E-state index contributed by atoms with van der Waals surface area (Å²) in [6.45, 7) is 1.86. The van der Waals surface area contributed by atoms with Crippen LogP contribution in [-0.4, -0.2) is 51.2 Å². The number of carbonyl (C=O) groups is 2. The van der Waals surface area contributed by atoms with E-state index in [4.69, 9.17) is 5.53 Å². The molecule has 4 aliphatic rings. The maximum absolute atomic E-state index is 14.5. The fourth-order valence-corrected chi connectivity index (χ4v) is 8.45. The third-order valence-corrected chi connectivity index (χ3v) is 9.94. The minimum absolute atomic E-state index is 0.0748. The summed E-state index contributed by atoms with van der Waals surface area (Å²) in [6.07, 6.45) is 6.99. The van der Waals surface area contributed by atoms with Crippen LogP contribution < -0.4 is 5.32 Å². The van der Waals surface area contributed by atoms with E-state index in [2.05, 4.69) is 20.3 Å². The van der Waals surface area contributed by atoms with Crippen molar-refractivity contribution in [1.82, 2.24) is 15.2 Å². The van der Waals surface area contributed by atoms with Crippen molar-refractivity contribution in [3.05, 3.63) is 82.4 Å². The van der Waals surface area contributed by atoms with Crippen molar-refractivity contribution in [3.8, 4) is 0 Å². The van der Waals surface area contributed by atoms with E-state index in [1.54, 1.807) is 6.92 Å². The highest BCUT2D eigenvalue weighted by atomic mass is 16.4. The highest BCUT2D eigenvalue weighted by Crippen LogP contribution is 2.56. The van der Waals surface area contributed by atoms with Gasteiger partial charge in [0.05, 0.1) is 0 Å². The van der Waals surface area contributed by atoms with Gasteiger partial charge in [-0.3, -0.25) is 9.69 Å². The van der Waals surface area contributed by atoms with Crippen LogP contribution in [-0.2, 0) is 17.6 Å². The second-order valence-electron chi connectivity index (χ2n) is 12.7. The molecule has 0 saturated heterocycles. The van der Waals surface area contributed by atoms with Gasteiger partial charge in [-0.2, -0.15) is 0 Å². The third-order valence-electron chi connectivity index (χ3n) is 9.94. The summed E-state index contributed by atoms with van der Waals surface area (Å²) < 4.78 is 0. The number of hydrogen-bond acceptors (Lipinski definition) is 3. The molecular formula is C32H38N6O3. The van der Waals surface area contributed by atoms with E-state index in [9.17, 15) is 14.7 Å². The summed E-state index contributed by atoms with van der Waals surface area (Å²) in [5.41, 5.74) is 10.5. The molecule has 0 spiro atoms. The topological polar surface area (TPSA) is 134 Å². The lowest BCUT2D eigenvalue weighted by Crippen LogP contribution is -2.69. The Bertz CT molecular complexity index is 1440. The van der Waals surface area contributed by atoms with Crippen LogP contribution >= 0.6 is 0 Å². The Morgan fingerprint density at radius 2 is 1.73 bits per heavy atom. The highest BCUT2D eigenvalue weighted by Gasteiger charge is 2.56. The summed E-state index contributed by atoms with van der Waals surface area (Å²) in [5.74, 6) is 1.56. The average molecular weight is 555 g/mol. The molecule has 214 valence electrons. The molecule has 3 aromatic rings. The van der Waals surface area contributed by atoms with Gasteiger partial charge < -0.3 is 15.4 Å². The molecule has 0 aliphatic heterocycles. The molecule has 0 radical (unpaired) electrons. The molecule has 41 heavy (non-hydrogen) atoms. The van der Waals surface area contributed by atoms with E-state index in [-0.39, 0.29) is 36.8 Å². The SMILES string of the molecule is C[C@](Cc1c[nH]c2ccccc12)(C(=O)N[C@@H](CN=[N+]=[N-])Cc1ccccc1)N(C(=O)O)C1C2CC3CC(C2)CC1C3. The Balaban J connectivity index is 1.37. The van der Waals surface area contributed by atoms with Crippen LogP contribution in [0.5, 0.6) is 0 Å². The van der Waals surface area contributed by atoms with E-state index >= 15 is 0 Å². The van der Waals surface area contributed by atoms with Crippen molar-refractivity contribution in [2.45, 2.75) is 69.5 Å². The molecule has 1 heterocycles. The number of rotatable bonds is 10. The number of hydrogen-bond donors (Lipinski definition) is 3. The van der Waals surface area contributed by atoms with Crippen molar-refractivity contribution in [2.24, 2.45) is 28.8 Å². The summed E-state index contributed by atoms with van der Waals surface area (Å²) in [7, 11) is 0. The number of carbonyl (C=O) groups excluding carboxylic acids is 1. The van der Waals surface area contributed by atoms with Crippen LogP contribution in [0.3, 0.4) is 0 Å². The first-order chi connectivity index (χ1) is 19.9. The molecule has 2 aromatic carbocycles. The number of azide groups is 1. The monoisotopic (exact) mass is 554 g/mol. The van der Waals surface area contributed by atoms with Gasteiger partial charge in [0.15, 0.2) is 0 Å². The molecule has 4 aliphatic carbocycles. The molecule has 9 heteroatoms. The Morgan fingerprint density at radius 3 is 2.39 bits per heavy atom. The zero-order valence-electron chi connectivity index (χ0n) is 23.4. The van der Waals surface area contributed by atoms with Gasteiger partial charge in [-0.1, -0.05) is 53.6 Å². The Morgan fingerprint density at radius 1 is 1.07 bits per heavy atom. The normalized spacial score (nSPS) is 26.6. The number of benzene rings is 2. The number of carboxylic acid groups (broad SMARTS) is 1. The summed E-state index contributed by atoms with van der Waals surface area (Å²) >= 11 is 0. The molecule has 7 rings (SSSR count). The van der Waals surface area contributed by atoms with Gasteiger partial charge in [0.25, 0.3) is 0 Å². The first kappa shape index (κ1) is 27.2. The van der Waals surface area contributed by atoms with Gasteiger partial charge in [0.2, 0.25) is 5.91 Å². The van der Waals surface area contributed by atoms with Crippen molar-refractivity contribution in [3.63, 3.8) is 0 Å². The van der Waals surface area contributed by atoms with Crippen molar-refractivity contribution < 1.29 is 14.7 Å². The molecule has 2 amide bonds. The summed E-state index contributed by atoms with van der Waals surface area (Å²) in [4.78, 5) is 35.6. The van der Waals surface area contributed by atoms with E-state index in [1.165, 1.54) is 11.3 Å². The van der Waals surface area contributed by atoms with Gasteiger partial charge in [-0.15, -0.1) is 0 Å². The van der Waals surface area contributed by atoms with Gasteiger partial charge in [-0.05, 0) is 91.8 Å². The molecule has 1 aromatic heterocycles. The molecular weight excluding hydrogens is 516 g/mol. The molecule has 3 N–H and O–H groups in total. The predicted molar refractivity (Wildman–Crippen MR) is 157 cm³/mol. The van der Waals surface area contributed by atoms with Crippen molar-refractivity contribution in [2.75, 3.05) is 6.54 Å². The minimum Gasteiger partial charge on any atom is -0.465 e. The van der Waals surface area contributed by atoms with Crippen molar-refractivity contribution in [1.29, 1.82) is 0 Å². The molecule has 2 atom stereocenters. The van der Waals surface area contributed by atoms with Crippen LogP contribution in [0.15, 0.2) is 65.9 Å². The maximum Gasteiger partial charge on any atom is 0.408 e. The lowest BCUT2D eigenvalue weighted by atomic mass is 9.53. The van der Waals surface area contributed by atoms with E-state index in [0.717, 1.165) is 47.7 Å². The number of aromatic amines is 1. The van der Waals surface area contributed by atoms with Gasteiger partial charge in [-0.25, -0.2) is 4.79 Å². The molecule has 9 nitrogen and oxygen atoms in total. The number of para-hydroxylation sites is 1. The first-order valence-corrected chi connectivity index (χ1v) is 14.8. The molecule has 4 fully saturated rings. The maximum atomic E-state index is 14.5. The quantitative estimate of drug-likeness (QED) is 0.154. The first-order valence-electron chi connectivity index (χ1n) is 14.8. The van der Waals surface area contributed by atoms with E-state index in [0.29, 0.717) is 18.3 Å². The average Bonchev–Trinajstić information content (AvgIpc) is 3.35. The van der Waals surface area contributed by atoms with Crippen molar-refractivity contribution >= 4 is 22.9 Å². The number of nitrogens with one attached hydrogen (secondary N) is 2. The van der Waals surface area contributed by atoms with Gasteiger partial charge >= 0.3 is 6.09 Å². The number of H-pyrrole nitrogens is 1. The van der Waals surface area contributed by atoms with Crippen LogP contribution in [0, 0.1) is 23.7 Å². The summed E-state index contributed by atoms with van der Waals surface area (Å²) in [5, 5.41) is 18.8. The second-order valence-corrected chi connectivity index (χ2v) is 12.7. The third kappa shape index (κ3) is 5.26. The number of aromatic nitrogens is 1. The molecule has 0 unspecified atom stereocenters. The van der Waals surface area contributed by atoms with Gasteiger partial charge in [0.1, 0.15) is 5.54 Å². The Hall–Kier alpha value is -3.97. The zero-order valence-corrected chi connectivity index (χ0v) is 23.4. The number of fused-ring (bicyclic) bond motifs is 1. The second kappa shape index (κ2) is 11.1.